The van der Waals surface area contributed by atoms with Crippen LogP contribution in [-0.2, 0) is 4.79 Å². The number of carbonyl (C=O) groups is 1. The molecular formula is C20H24N2O2. The topological polar surface area (TPSA) is 53.4 Å². The van der Waals surface area contributed by atoms with E-state index in [0.717, 1.165) is 30.6 Å². The van der Waals surface area contributed by atoms with E-state index < -0.39 is 5.97 Å². The summed E-state index contributed by atoms with van der Waals surface area (Å²) >= 11 is 0. The first-order chi connectivity index (χ1) is 11.6. The molecule has 0 saturated carbocycles. The Hall–Kier alpha value is -2.20. The number of benzene rings is 1. The molecule has 1 fully saturated rings. The third-order valence-corrected chi connectivity index (χ3v) is 4.96. The van der Waals surface area contributed by atoms with Gasteiger partial charge < -0.3 is 5.11 Å². The van der Waals surface area contributed by atoms with Crippen LogP contribution in [0.5, 0.6) is 0 Å². The molecule has 4 heteroatoms. The fourth-order valence-corrected chi connectivity index (χ4v) is 3.64. The van der Waals surface area contributed by atoms with Crippen molar-refractivity contribution >= 4 is 5.97 Å². The minimum atomic E-state index is -0.694. The summed E-state index contributed by atoms with van der Waals surface area (Å²) in [5, 5.41) is 9.45. The zero-order valence-corrected chi connectivity index (χ0v) is 14.3. The van der Waals surface area contributed by atoms with Crippen molar-refractivity contribution < 1.29 is 9.90 Å². The molecule has 1 aliphatic rings. The van der Waals surface area contributed by atoms with Crippen molar-refractivity contribution in [3.63, 3.8) is 0 Å². The van der Waals surface area contributed by atoms with E-state index in [1.54, 1.807) is 0 Å². The summed E-state index contributed by atoms with van der Waals surface area (Å²) in [5.41, 5.74) is 4.59. The third kappa shape index (κ3) is 3.34. The molecule has 2 aromatic rings. The molecule has 2 atom stereocenters. The maximum atomic E-state index is 11.5. The molecule has 0 spiro atoms. The van der Waals surface area contributed by atoms with Gasteiger partial charge in [-0.3, -0.25) is 14.7 Å². The highest BCUT2D eigenvalue weighted by Gasteiger charge is 2.32. The Morgan fingerprint density at radius 1 is 1.21 bits per heavy atom. The summed E-state index contributed by atoms with van der Waals surface area (Å²) < 4.78 is 0. The highest BCUT2D eigenvalue weighted by molar-refractivity contribution is 5.70. The maximum Gasteiger partial charge on any atom is 0.307 e. The Bertz CT molecular complexity index is 684. The maximum absolute atomic E-state index is 11.5. The summed E-state index contributed by atoms with van der Waals surface area (Å²) in [5.74, 6) is -0.990. The minimum Gasteiger partial charge on any atom is -0.481 e. The summed E-state index contributed by atoms with van der Waals surface area (Å²) in [4.78, 5) is 18.4. The van der Waals surface area contributed by atoms with E-state index in [-0.39, 0.29) is 12.0 Å². The van der Waals surface area contributed by atoms with Crippen molar-refractivity contribution in [2.24, 2.45) is 5.92 Å². The lowest BCUT2D eigenvalue weighted by Gasteiger charge is -2.38. The molecule has 126 valence electrons. The number of carboxylic acids is 1. The summed E-state index contributed by atoms with van der Waals surface area (Å²) in [6, 6.07) is 12.4. The van der Waals surface area contributed by atoms with Gasteiger partial charge >= 0.3 is 5.97 Å². The van der Waals surface area contributed by atoms with Gasteiger partial charge in [-0.05, 0) is 56.0 Å². The van der Waals surface area contributed by atoms with Crippen LogP contribution >= 0.6 is 0 Å². The quantitative estimate of drug-likeness (QED) is 0.934. The van der Waals surface area contributed by atoms with Crippen LogP contribution in [0.1, 0.15) is 41.3 Å². The van der Waals surface area contributed by atoms with Crippen molar-refractivity contribution in [2.75, 3.05) is 13.1 Å². The number of aryl methyl sites for hydroxylation is 2. The molecule has 1 aromatic carbocycles. The molecule has 1 aromatic heterocycles. The van der Waals surface area contributed by atoms with Gasteiger partial charge in [0.05, 0.1) is 17.7 Å². The molecule has 1 N–H and O–H groups in total. The lowest BCUT2D eigenvalue weighted by atomic mass is 9.90. The van der Waals surface area contributed by atoms with Gasteiger partial charge in [-0.2, -0.15) is 0 Å². The average molecular weight is 324 g/mol. The second-order valence-corrected chi connectivity index (χ2v) is 6.64. The van der Waals surface area contributed by atoms with E-state index in [1.165, 1.54) is 11.1 Å². The van der Waals surface area contributed by atoms with E-state index in [9.17, 15) is 9.90 Å². The fourth-order valence-electron chi connectivity index (χ4n) is 3.64. The van der Waals surface area contributed by atoms with E-state index in [1.807, 2.05) is 24.4 Å². The Balaban J connectivity index is 2.04. The Labute approximate surface area is 143 Å². The van der Waals surface area contributed by atoms with Crippen LogP contribution in [0.15, 0.2) is 42.6 Å². The van der Waals surface area contributed by atoms with Crippen molar-refractivity contribution in [3.05, 3.63) is 65.0 Å². The largest absolute Gasteiger partial charge is 0.481 e. The number of rotatable bonds is 4. The number of pyridine rings is 1. The van der Waals surface area contributed by atoms with E-state index >= 15 is 0 Å². The number of aliphatic carboxylic acids is 1. The SMILES string of the molecule is Cc1ccccc1C(c1ncccc1C)N1CCCC(C(=O)O)C1. The number of likely N-dealkylation sites (tertiary alicyclic amines) is 1. The van der Waals surface area contributed by atoms with Crippen molar-refractivity contribution in [1.29, 1.82) is 0 Å². The normalized spacial score (nSPS) is 19.8. The Kier molecular flexibility index (Phi) is 4.95. The summed E-state index contributed by atoms with van der Waals surface area (Å²) in [6.45, 7) is 5.66. The molecule has 24 heavy (non-hydrogen) atoms. The molecule has 2 heterocycles. The van der Waals surface area contributed by atoms with Crippen LogP contribution in [0.3, 0.4) is 0 Å². The van der Waals surface area contributed by atoms with E-state index in [2.05, 4.69) is 41.9 Å². The predicted octanol–water partition coefficient (Wildman–Crippen LogP) is 3.58. The third-order valence-electron chi connectivity index (χ3n) is 4.96. The molecule has 2 unspecified atom stereocenters. The zero-order valence-electron chi connectivity index (χ0n) is 14.3. The van der Waals surface area contributed by atoms with E-state index in [4.69, 9.17) is 0 Å². The highest BCUT2D eigenvalue weighted by atomic mass is 16.4. The molecule has 1 saturated heterocycles. The molecule has 0 radical (unpaired) electrons. The second kappa shape index (κ2) is 7.14. The number of hydrogen-bond donors (Lipinski definition) is 1. The number of aromatic nitrogens is 1. The molecule has 0 aliphatic carbocycles. The summed E-state index contributed by atoms with van der Waals surface area (Å²) in [7, 11) is 0. The van der Waals surface area contributed by atoms with Gasteiger partial charge in [0.15, 0.2) is 0 Å². The smallest absolute Gasteiger partial charge is 0.307 e. The first-order valence-electron chi connectivity index (χ1n) is 8.52. The Morgan fingerprint density at radius 3 is 2.67 bits per heavy atom. The van der Waals surface area contributed by atoms with Gasteiger partial charge in [0.2, 0.25) is 0 Å². The van der Waals surface area contributed by atoms with Crippen LogP contribution < -0.4 is 0 Å². The van der Waals surface area contributed by atoms with Crippen molar-refractivity contribution in [3.8, 4) is 0 Å². The van der Waals surface area contributed by atoms with Crippen LogP contribution in [0.4, 0.5) is 0 Å². The molecule has 4 nitrogen and oxygen atoms in total. The first-order valence-corrected chi connectivity index (χ1v) is 8.52. The van der Waals surface area contributed by atoms with Crippen LogP contribution in [0, 0.1) is 19.8 Å². The van der Waals surface area contributed by atoms with Gasteiger partial charge in [0, 0.05) is 12.7 Å². The van der Waals surface area contributed by atoms with Crippen LogP contribution in [0.25, 0.3) is 0 Å². The number of piperidine rings is 1. The van der Waals surface area contributed by atoms with Crippen molar-refractivity contribution in [2.45, 2.75) is 32.7 Å². The second-order valence-electron chi connectivity index (χ2n) is 6.64. The molecule has 0 amide bonds. The van der Waals surface area contributed by atoms with Crippen molar-refractivity contribution in [1.82, 2.24) is 9.88 Å². The molecule has 1 aliphatic heterocycles. The molecule has 0 bridgehead atoms. The van der Waals surface area contributed by atoms with E-state index in [0.29, 0.717) is 6.54 Å². The minimum absolute atomic E-state index is 0.00884. The first kappa shape index (κ1) is 16.7. The van der Waals surface area contributed by atoms with Gasteiger partial charge in [-0.25, -0.2) is 0 Å². The van der Waals surface area contributed by atoms with Gasteiger partial charge in [0.25, 0.3) is 0 Å². The van der Waals surface area contributed by atoms with Crippen LogP contribution in [-0.4, -0.2) is 34.0 Å². The predicted molar refractivity (Wildman–Crippen MR) is 93.9 cm³/mol. The molecular weight excluding hydrogens is 300 g/mol. The average Bonchev–Trinajstić information content (AvgIpc) is 2.59. The zero-order chi connectivity index (χ0) is 17.1. The highest BCUT2D eigenvalue weighted by Crippen LogP contribution is 2.34. The summed E-state index contributed by atoms with van der Waals surface area (Å²) in [6.07, 6.45) is 3.49. The number of hydrogen-bond acceptors (Lipinski definition) is 3. The number of nitrogens with zero attached hydrogens (tertiary/aromatic N) is 2. The van der Waals surface area contributed by atoms with Gasteiger partial charge in [0.1, 0.15) is 0 Å². The monoisotopic (exact) mass is 324 g/mol. The molecule has 3 rings (SSSR count). The number of carboxylic acid groups (broad SMARTS) is 1. The lowest BCUT2D eigenvalue weighted by molar-refractivity contribution is -0.143. The lowest BCUT2D eigenvalue weighted by Crippen LogP contribution is -2.41. The van der Waals surface area contributed by atoms with Gasteiger partial charge in [-0.15, -0.1) is 0 Å². The van der Waals surface area contributed by atoms with Crippen LogP contribution in [0.2, 0.25) is 0 Å². The Morgan fingerprint density at radius 2 is 1.96 bits per heavy atom. The fraction of sp³-hybridized carbons (Fsp3) is 0.400. The standard InChI is InChI=1S/C20H24N2O2/c1-14-7-3-4-10-17(14)19(18-15(2)8-5-11-21-18)22-12-6-9-16(13-22)20(23)24/h3-5,7-8,10-11,16,19H,6,9,12-13H2,1-2H3,(H,23,24). The van der Waals surface area contributed by atoms with Gasteiger partial charge in [-0.1, -0.05) is 30.3 Å².